The van der Waals surface area contributed by atoms with Gasteiger partial charge < -0.3 is 19.9 Å². The van der Waals surface area contributed by atoms with E-state index in [1.54, 1.807) is 50.4 Å². The summed E-state index contributed by atoms with van der Waals surface area (Å²) >= 11 is 0. The van der Waals surface area contributed by atoms with Crippen LogP contribution in [0.5, 0.6) is 5.75 Å². The Morgan fingerprint density at radius 1 is 1.04 bits per heavy atom. The first-order chi connectivity index (χ1) is 13.5. The second kappa shape index (κ2) is 8.56. The lowest BCUT2D eigenvalue weighted by molar-refractivity contribution is -0.147. The van der Waals surface area contributed by atoms with E-state index in [9.17, 15) is 14.4 Å². The third-order valence-electron chi connectivity index (χ3n) is 4.68. The Hall–Kier alpha value is -3.35. The predicted molar refractivity (Wildman–Crippen MR) is 106 cm³/mol. The number of piperazine rings is 1. The Bertz CT molecular complexity index is 852. The molecule has 3 rings (SSSR count). The number of benzene rings is 2. The van der Waals surface area contributed by atoms with E-state index < -0.39 is 17.7 Å². The highest BCUT2D eigenvalue weighted by atomic mass is 16.5. The first-order valence-electron chi connectivity index (χ1n) is 9.10. The number of carbonyl (C=O) groups is 3. The number of methoxy groups -OCH3 is 1. The molecule has 2 aromatic rings. The number of nitrogens with zero attached hydrogens (tertiary/aromatic N) is 2. The molecule has 28 heavy (non-hydrogen) atoms. The number of amides is 3. The number of ether oxygens (including phenoxy) is 1. The molecular formula is C21H23N3O4. The zero-order chi connectivity index (χ0) is 20.1. The largest absolute Gasteiger partial charge is 0.497 e. The van der Waals surface area contributed by atoms with E-state index in [2.05, 4.69) is 5.32 Å². The zero-order valence-electron chi connectivity index (χ0n) is 15.9. The maximum absolute atomic E-state index is 12.5. The molecule has 0 aromatic heterocycles. The Morgan fingerprint density at radius 3 is 2.36 bits per heavy atom. The van der Waals surface area contributed by atoms with E-state index >= 15 is 0 Å². The van der Waals surface area contributed by atoms with Crippen LogP contribution in [0, 0.1) is 5.92 Å². The van der Waals surface area contributed by atoms with Crippen molar-refractivity contribution >= 4 is 29.1 Å². The lowest BCUT2D eigenvalue weighted by Gasteiger charge is -2.34. The van der Waals surface area contributed by atoms with Crippen molar-refractivity contribution in [3.05, 3.63) is 54.6 Å². The molecule has 0 unspecified atom stereocenters. The summed E-state index contributed by atoms with van der Waals surface area (Å²) in [6.45, 7) is 2.72. The van der Waals surface area contributed by atoms with Gasteiger partial charge in [0.2, 0.25) is 5.91 Å². The fourth-order valence-corrected chi connectivity index (χ4v) is 3.06. The SMILES string of the molecule is COc1ccc(NC(=O)[C@@H](C)CN2CCN(c3ccccc3)C(=O)C2=O)cc1. The van der Waals surface area contributed by atoms with Crippen molar-refractivity contribution in [3.8, 4) is 5.75 Å². The van der Waals surface area contributed by atoms with Crippen molar-refractivity contribution in [2.24, 2.45) is 5.92 Å². The molecule has 1 heterocycles. The third-order valence-corrected chi connectivity index (χ3v) is 4.68. The normalized spacial score (nSPS) is 15.4. The van der Waals surface area contributed by atoms with E-state index in [1.807, 2.05) is 18.2 Å². The molecule has 0 bridgehead atoms. The van der Waals surface area contributed by atoms with Gasteiger partial charge in [0.1, 0.15) is 5.75 Å². The molecule has 146 valence electrons. The van der Waals surface area contributed by atoms with E-state index in [1.165, 1.54) is 9.80 Å². The van der Waals surface area contributed by atoms with Crippen LogP contribution in [0.4, 0.5) is 11.4 Å². The topological polar surface area (TPSA) is 79.0 Å². The lowest BCUT2D eigenvalue weighted by Crippen LogP contribution is -2.55. The third kappa shape index (κ3) is 4.31. The summed E-state index contributed by atoms with van der Waals surface area (Å²) in [5.41, 5.74) is 1.35. The highest BCUT2D eigenvalue weighted by Gasteiger charge is 2.34. The fraction of sp³-hybridized carbons (Fsp3) is 0.286. The number of hydrogen-bond donors (Lipinski definition) is 1. The maximum atomic E-state index is 12.5. The van der Waals surface area contributed by atoms with E-state index in [0.29, 0.717) is 30.2 Å². The van der Waals surface area contributed by atoms with Gasteiger partial charge in [-0.3, -0.25) is 14.4 Å². The molecule has 7 heteroatoms. The average Bonchev–Trinajstić information content (AvgIpc) is 2.72. The number of para-hydroxylation sites is 1. The summed E-state index contributed by atoms with van der Waals surface area (Å²) < 4.78 is 5.09. The molecule has 3 amide bonds. The van der Waals surface area contributed by atoms with Gasteiger partial charge in [0.15, 0.2) is 0 Å². The minimum absolute atomic E-state index is 0.190. The quantitative estimate of drug-likeness (QED) is 0.778. The van der Waals surface area contributed by atoms with Crippen LogP contribution in [0.3, 0.4) is 0 Å². The summed E-state index contributed by atoms with van der Waals surface area (Å²) in [4.78, 5) is 40.3. The standard InChI is InChI=1S/C21H23N3O4/c1-15(19(25)22-16-8-10-18(28-2)11-9-16)14-23-12-13-24(21(27)20(23)26)17-6-4-3-5-7-17/h3-11,15H,12-14H2,1-2H3,(H,22,25)/t15-/m0/s1. The average molecular weight is 381 g/mol. The monoisotopic (exact) mass is 381 g/mol. The molecule has 0 saturated carbocycles. The van der Waals surface area contributed by atoms with Gasteiger partial charge in [0.05, 0.1) is 13.0 Å². The van der Waals surface area contributed by atoms with E-state index in [-0.39, 0.29) is 12.5 Å². The molecule has 2 aromatic carbocycles. The molecule has 1 N–H and O–H groups in total. The van der Waals surface area contributed by atoms with Crippen molar-refractivity contribution in [1.29, 1.82) is 0 Å². The first-order valence-corrected chi connectivity index (χ1v) is 9.10. The van der Waals surface area contributed by atoms with E-state index in [0.717, 1.165) is 0 Å². The Labute approximate surface area is 163 Å². The minimum atomic E-state index is -0.584. The van der Waals surface area contributed by atoms with Gasteiger partial charge in [-0.15, -0.1) is 0 Å². The second-order valence-electron chi connectivity index (χ2n) is 6.66. The van der Waals surface area contributed by atoms with Crippen LogP contribution in [0.15, 0.2) is 54.6 Å². The van der Waals surface area contributed by atoms with Crippen molar-refractivity contribution in [2.75, 3.05) is 37.0 Å². The molecule has 1 atom stereocenters. The second-order valence-corrected chi connectivity index (χ2v) is 6.66. The molecule has 1 aliphatic rings. The van der Waals surface area contributed by atoms with E-state index in [4.69, 9.17) is 4.74 Å². The van der Waals surface area contributed by atoms with Crippen molar-refractivity contribution in [3.63, 3.8) is 0 Å². The van der Waals surface area contributed by atoms with Gasteiger partial charge in [-0.25, -0.2) is 0 Å². The molecule has 7 nitrogen and oxygen atoms in total. The predicted octanol–water partition coefficient (Wildman–Crippen LogP) is 2.15. The Morgan fingerprint density at radius 2 is 1.71 bits per heavy atom. The van der Waals surface area contributed by atoms with Gasteiger partial charge in [0.25, 0.3) is 0 Å². The van der Waals surface area contributed by atoms with Gasteiger partial charge in [-0.05, 0) is 36.4 Å². The van der Waals surface area contributed by atoms with Crippen LogP contribution in [-0.4, -0.2) is 49.4 Å². The summed E-state index contributed by atoms with van der Waals surface area (Å²) in [7, 11) is 1.57. The highest BCUT2D eigenvalue weighted by Crippen LogP contribution is 2.19. The summed E-state index contributed by atoms with van der Waals surface area (Å²) in [6, 6.07) is 16.1. The summed E-state index contributed by atoms with van der Waals surface area (Å²) in [6.07, 6.45) is 0. The number of nitrogens with one attached hydrogen (secondary N) is 1. The molecular weight excluding hydrogens is 358 g/mol. The molecule has 0 radical (unpaired) electrons. The van der Waals surface area contributed by atoms with Crippen molar-refractivity contribution in [1.82, 2.24) is 4.90 Å². The van der Waals surface area contributed by atoms with Crippen LogP contribution in [0.1, 0.15) is 6.92 Å². The van der Waals surface area contributed by atoms with Gasteiger partial charge in [0, 0.05) is 31.0 Å². The minimum Gasteiger partial charge on any atom is -0.497 e. The van der Waals surface area contributed by atoms with Gasteiger partial charge in [-0.2, -0.15) is 0 Å². The van der Waals surface area contributed by atoms with Crippen molar-refractivity contribution in [2.45, 2.75) is 6.92 Å². The molecule has 1 saturated heterocycles. The van der Waals surface area contributed by atoms with Gasteiger partial charge in [-0.1, -0.05) is 25.1 Å². The van der Waals surface area contributed by atoms with Crippen LogP contribution in [0.2, 0.25) is 0 Å². The number of anilines is 2. The molecule has 0 spiro atoms. The smallest absolute Gasteiger partial charge is 0.316 e. The molecule has 1 fully saturated rings. The first kappa shape index (κ1) is 19.4. The highest BCUT2D eigenvalue weighted by molar-refractivity contribution is 6.41. The maximum Gasteiger partial charge on any atom is 0.316 e. The van der Waals surface area contributed by atoms with Crippen LogP contribution >= 0.6 is 0 Å². The fourth-order valence-electron chi connectivity index (χ4n) is 3.06. The number of carbonyl (C=O) groups excluding carboxylic acids is 3. The summed E-state index contributed by atoms with van der Waals surface area (Å²) in [5.74, 6) is -1.12. The van der Waals surface area contributed by atoms with Crippen LogP contribution in [-0.2, 0) is 14.4 Å². The Kier molecular flexibility index (Phi) is 5.93. The van der Waals surface area contributed by atoms with Crippen LogP contribution < -0.4 is 15.0 Å². The lowest BCUT2D eigenvalue weighted by atomic mass is 10.1. The number of rotatable bonds is 6. The molecule has 0 aliphatic carbocycles. The number of hydrogen-bond acceptors (Lipinski definition) is 4. The molecule has 1 aliphatic heterocycles. The summed E-state index contributed by atoms with van der Waals surface area (Å²) in [5, 5.41) is 2.82. The van der Waals surface area contributed by atoms with Crippen molar-refractivity contribution < 1.29 is 19.1 Å². The zero-order valence-corrected chi connectivity index (χ0v) is 15.9. The Balaban J connectivity index is 1.58. The van der Waals surface area contributed by atoms with Crippen LogP contribution in [0.25, 0.3) is 0 Å². The van der Waals surface area contributed by atoms with Gasteiger partial charge >= 0.3 is 11.8 Å².